The minimum atomic E-state index is -4.02. The zero-order valence-electron chi connectivity index (χ0n) is 18.0. The van der Waals surface area contributed by atoms with Gasteiger partial charge in [-0.1, -0.05) is 31.5 Å². The van der Waals surface area contributed by atoms with Crippen molar-refractivity contribution in [3.05, 3.63) is 69.3 Å². The molecule has 1 aliphatic heterocycles. The van der Waals surface area contributed by atoms with Crippen LogP contribution in [0, 0.1) is 28.9 Å². The van der Waals surface area contributed by atoms with Gasteiger partial charge in [0.15, 0.2) is 5.92 Å². The number of rotatable bonds is 8. The molecule has 0 aliphatic carbocycles. The average molecular weight is 461 g/mol. The Hall–Kier alpha value is -3.27. The van der Waals surface area contributed by atoms with E-state index in [2.05, 4.69) is 0 Å². The number of carbonyl (C=O) groups is 2. The molecule has 1 amide bonds. The second-order valence-corrected chi connectivity index (χ2v) is 10.0. The fraction of sp³-hybridized carbons (Fsp3) is 0.364. The van der Waals surface area contributed by atoms with Gasteiger partial charge in [0, 0.05) is 11.6 Å². The van der Waals surface area contributed by atoms with Crippen molar-refractivity contribution in [3.8, 4) is 0 Å². The first-order chi connectivity index (χ1) is 15.0. The molecule has 9 nitrogen and oxygen atoms in total. The number of amides is 1. The average Bonchev–Trinajstić information content (AvgIpc) is 2.70. The van der Waals surface area contributed by atoms with Crippen molar-refractivity contribution in [3.63, 3.8) is 0 Å². The molecule has 10 heteroatoms. The number of carbonyl (C=O) groups excluding carboxylic acids is 2. The van der Waals surface area contributed by atoms with Gasteiger partial charge in [-0.25, -0.2) is 12.7 Å². The zero-order valence-corrected chi connectivity index (χ0v) is 18.8. The summed E-state index contributed by atoms with van der Waals surface area (Å²) in [5.41, 5.74) is 1.96. The Bertz CT molecular complexity index is 1160. The van der Waals surface area contributed by atoms with Gasteiger partial charge in [0.1, 0.15) is 6.61 Å². The second-order valence-electron chi connectivity index (χ2n) is 8.17. The highest BCUT2D eigenvalue weighted by atomic mass is 32.2. The van der Waals surface area contributed by atoms with Crippen LogP contribution in [0.2, 0.25) is 0 Å². The number of esters is 1. The SMILES string of the molecule is Cc1ccc(S(=O)(=O)N2C[C@@H](C(=O)OCc3ccc([N+](=O)[O-])c(CC(C)C)c3)C2=O)cc1. The lowest BCUT2D eigenvalue weighted by molar-refractivity contribution is -0.385. The van der Waals surface area contributed by atoms with Crippen molar-refractivity contribution in [2.75, 3.05) is 6.54 Å². The Morgan fingerprint density at radius 3 is 2.44 bits per heavy atom. The number of nitro benzene ring substituents is 1. The second kappa shape index (κ2) is 9.07. The van der Waals surface area contributed by atoms with E-state index < -0.39 is 32.7 Å². The summed E-state index contributed by atoms with van der Waals surface area (Å²) in [5, 5.41) is 11.2. The minimum Gasteiger partial charge on any atom is -0.460 e. The van der Waals surface area contributed by atoms with Crippen molar-refractivity contribution < 1.29 is 27.7 Å². The predicted molar refractivity (Wildman–Crippen MR) is 115 cm³/mol. The molecule has 0 unspecified atom stereocenters. The number of β-lactam (4-membered cyclic amide) rings is 1. The van der Waals surface area contributed by atoms with Crippen LogP contribution in [0.1, 0.15) is 30.5 Å². The van der Waals surface area contributed by atoms with Gasteiger partial charge in [0.2, 0.25) is 0 Å². The number of sulfonamides is 1. The third kappa shape index (κ3) is 4.80. The van der Waals surface area contributed by atoms with Crippen LogP contribution in [0.5, 0.6) is 0 Å². The lowest BCUT2D eigenvalue weighted by Crippen LogP contribution is -2.58. The van der Waals surface area contributed by atoms with Crippen molar-refractivity contribution in [2.45, 2.75) is 38.7 Å². The van der Waals surface area contributed by atoms with Gasteiger partial charge in [-0.2, -0.15) is 0 Å². The van der Waals surface area contributed by atoms with E-state index in [0.29, 0.717) is 21.9 Å². The molecule has 2 aromatic carbocycles. The van der Waals surface area contributed by atoms with Crippen LogP contribution in [0.25, 0.3) is 0 Å². The maximum absolute atomic E-state index is 12.6. The molecule has 2 aromatic rings. The van der Waals surface area contributed by atoms with Gasteiger partial charge < -0.3 is 4.74 Å². The molecule has 170 valence electrons. The topological polar surface area (TPSA) is 124 Å². The van der Waals surface area contributed by atoms with Crippen molar-refractivity contribution in [1.82, 2.24) is 4.31 Å². The third-order valence-corrected chi connectivity index (χ3v) is 6.91. The van der Waals surface area contributed by atoms with Crippen molar-refractivity contribution in [2.24, 2.45) is 11.8 Å². The van der Waals surface area contributed by atoms with E-state index >= 15 is 0 Å². The first-order valence-electron chi connectivity index (χ1n) is 10.1. The van der Waals surface area contributed by atoms with E-state index in [-0.39, 0.29) is 29.7 Å². The highest BCUT2D eigenvalue weighted by Gasteiger charge is 2.49. The molecule has 1 saturated heterocycles. The Morgan fingerprint density at radius 2 is 1.88 bits per heavy atom. The van der Waals surface area contributed by atoms with E-state index in [0.717, 1.165) is 5.56 Å². The summed E-state index contributed by atoms with van der Waals surface area (Å²) in [6, 6.07) is 10.5. The summed E-state index contributed by atoms with van der Waals surface area (Å²) in [6.07, 6.45) is 0.491. The van der Waals surface area contributed by atoms with Gasteiger partial charge >= 0.3 is 5.97 Å². The number of hydrogen-bond acceptors (Lipinski definition) is 7. The smallest absolute Gasteiger partial charge is 0.320 e. The summed E-state index contributed by atoms with van der Waals surface area (Å²) in [6.45, 7) is 5.24. The summed E-state index contributed by atoms with van der Waals surface area (Å²) < 4.78 is 31.0. The summed E-state index contributed by atoms with van der Waals surface area (Å²) >= 11 is 0. The monoisotopic (exact) mass is 460 g/mol. The van der Waals surface area contributed by atoms with E-state index in [9.17, 15) is 28.1 Å². The number of hydrogen-bond donors (Lipinski definition) is 0. The van der Waals surface area contributed by atoms with Crippen LogP contribution in [0.4, 0.5) is 5.69 Å². The number of benzene rings is 2. The molecule has 1 heterocycles. The van der Waals surface area contributed by atoms with Crippen molar-refractivity contribution >= 4 is 27.6 Å². The number of nitro groups is 1. The van der Waals surface area contributed by atoms with Crippen LogP contribution in [0.3, 0.4) is 0 Å². The fourth-order valence-corrected chi connectivity index (χ4v) is 4.83. The molecule has 1 fully saturated rings. The maximum atomic E-state index is 12.6. The molecular formula is C22H24N2O7S. The van der Waals surface area contributed by atoms with E-state index in [1.807, 2.05) is 20.8 Å². The van der Waals surface area contributed by atoms with Gasteiger partial charge in [-0.3, -0.25) is 19.7 Å². The van der Waals surface area contributed by atoms with Crippen LogP contribution < -0.4 is 0 Å². The molecular weight excluding hydrogens is 436 g/mol. The number of nitrogens with zero attached hydrogens (tertiary/aromatic N) is 2. The molecule has 0 radical (unpaired) electrons. The maximum Gasteiger partial charge on any atom is 0.320 e. The van der Waals surface area contributed by atoms with E-state index in [1.54, 1.807) is 18.2 Å². The van der Waals surface area contributed by atoms with Gasteiger partial charge in [-0.05, 0) is 49.1 Å². The Labute approximate surface area is 186 Å². The molecule has 0 bridgehead atoms. The quantitative estimate of drug-likeness (QED) is 0.195. The van der Waals surface area contributed by atoms with Crippen LogP contribution >= 0.6 is 0 Å². The van der Waals surface area contributed by atoms with E-state index in [4.69, 9.17) is 4.74 Å². The van der Waals surface area contributed by atoms with Gasteiger partial charge in [-0.15, -0.1) is 0 Å². The normalized spacial score (nSPS) is 16.1. The summed E-state index contributed by atoms with van der Waals surface area (Å²) in [4.78, 5) is 35.4. The minimum absolute atomic E-state index is 0.0000913. The first-order valence-corrected chi connectivity index (χ1v) is 11.5. The van der Waals surface area contributed by atoms with Crippen LogP contribution in [-0.4, -0.2) is 36.1 Å². The largest absolute Gasteiger partial charge is 0.460 e. The molecule has 0 spiro atoms. The third-order valence-electron chi connectivity index (χ3n) is 5.14. The van der Waals surface area contributed by atoms with Gasteiger partial charge in [0.25, 0.3) is 21.6 Å². The molecule has 1 aliphatic rings. The lowest BCUT2D eigenvalue weighted by atomic mass is 9.99. The van der Waals surface area contributed by atoms with Gasteiger partial charge in [0.05, 0.1) is 16.4 Å². The number of aryl methyl sites for hydroxylation is 1. The van der Waals surface area contributed by atoms with Crippen LogP contribution in [-0.2, 0) is 37.4 Å². The highest BCUT2D eigenvalue weighted by molar-refractivity contribution is 7.89. The molecule has 0 N–H and O–H groups in total. The van der Waals surface area contributed by atoms with E-state index in [1.165, 1.54) is 24.3 Å². The molecule has 0 saturated carbocycles. The molecule has 3 rings (SSSR count). The predicted octanol–water partition coefficient (Wildman–Crippen LogP) is 2.99. The van der Waals surface area contributed by atoms with Crippen molar-refractivity contribution in [1.29, 1.82) is 0 Å². The fourth-order valence-electron chi connectivity index (χ4n) is 3.39. The molecule has 1 atom stereocenters. The number of ether oxygens (including phenoxy) is 1. The Kier molecular flexibility index (Phi) is 6.63. The standard InChI is InChI=1S/C22H24N2O7S/c1-14(2)10-17-11-16(6-9-20(17)24(27)28)13-31-22(26)19-12-23(21(19)25)32(29,30)18-7-4-15(3)5-8-18/h4-9,11,14,19H,10,12-13H2,1-3H3/t19-/m1/s1. The lowest BCUT2D eigenvalue weighted by Gasteiger charge is -2.35. The summed E-state index contributed by atoms with van der Waals surface area (Å²) in [5.74, 6) is -2.65. The summed E-state index contributed by atoms with van der Waals surface area (Å²) in [7, 11) is -4.02. The zero-order chi connectivity index (χ0) is 23.6. The first kappa shape index (κ1) is 23.4. The molecule has 32 heavy (non-hydrogen) atoms. The molecule has 0 aromatic heterocycles. The highest BCUT2D eigenvalue weighted by Crippen LogP contribution is 2.28. The van der Waals surface area contributed by atoms with Crippen LogP contribution in [0.15, 0.2) is 47.4 Å². The Morgan fingerprint density at radius 1 is 1.22 bits per heavy atom. The Balaban J connectivity index is 1.64.